The van der Waals surface area contributed by atoms with E-state index in [0.29, 0.717) is 0 Å². The summed E-state index contributed by atoms with van der Waals surface area (Å²) < 4.78 is 0. The van der Waals surface area contributed by atoms with Crippen LogP contribution in [0.25, 0.3) is 0 Å². The molecule has 4 heteroatoms. The smallest absolute Gasteiger partial charge is 1.00 e. The molecule has 0 spiro atoms. The molecule has 0 nitrogen and oxygen atoms in total. The molecular weight excluding hydrogens is 537 g/mol. The summed E-state index contributed by atoms with van der Waals surface area (Å²) in [6.45, 7) is 5.72. The molecule has 0 bridgehead atoms. The minimum Gasteiger partial charge on any atom is -1.00 e. The molecular formula is C9H14I3Ti-2. The fourth-order valence-electron chi connectivity index (χ4n) is 0.340. The number of rotatable bonds is 1. The average molecular weight is 551 g/mol. The van der Waals surface area contributed by atoms with Crippen molar-refractivity contribution in [2.24, 2.45) is 0 Å². The summed E-state index contributed by atoms with van der Waals surface area (Å²) >= 11 is 0. The zero-order valence-electron chi connectivity index (χ0n) is 7.69. The molecule has 13 heavy (non-hydrogen) atoms. The van der Waals surface area contributed by atoms with E-state index in [2.05, 4.69) is 26.0 Å². The third kappa shape index (κ3) is 31.4. The van der Waals surface area contributed by atoms with Crippen molar-refractivity contribution >= 4 is 0 Å². The van der Waals surface area contributed by atoms with Crippen molar-refractivity contribution in [1.82, 2.24) is 0 Å². The molecule has 0 saturated carbocycles. The van der Waals surface area contributed by atoms with E-state index in [1.54, 1.807) is 0 Å². The Labute approximate surface area is 149 Å². The zero-order valence-corrected chi connectivity index (χ0v) is 15.7. The van der Waals surface area contributed by atoms with Crippen molar-refractivity contribution in [3.63, 3.8) is 0 Å². The van der Waals surface area contributed by atoms with Crippen LogP contribution in [0.15, 0.2) is 18.2 Å². The van der Waals surface area contributed by atoms with Gasteiger partial charge in [0.25, 0.3) is 0 Å². The topological polar surface area (TPSA) is 0 Å². The summed E-state index contributed by atoms with van der Waals surface area (Å²) in [5, 5.41) is 0. The van der Waals surface area contributed by atoms with Crippen molar-refractivity contribution in [2.45, 2.75) is 26.2 Å². The maximum Gasteiger partial charge on any atom is 3.00 e. The molecule has 0 aromatic rings. The van der Waals surface area contributed by atoms with Gasteiger partial charge in [-0.1, -0.05) is 13.3 Å². The second-order valence-electron chi connectivity index (χ2n) is 1.86. The largest absolute Gasteiger partial charge is 3.00 e. The number of hydrogen-bond acceptors (Lipinski definition) is 0. The third-order valence-corrected chi connectivity index (χ3v) is 0.939. The Hall–Kier alpha value is 2.38. The first-order valence-electron chi connectivity index (χ1n) is 3.42. The van der Waals surface area contributed by atoms with Gasteiger partial charge in [0.2, 0.25) is 0 Å². The average Bonchev–Trinajstić information content (AvgIpc) is 2.43. The Morgan fingerprint density at radius 1 is 1.31 bits per heavy atom. The van der Waals surface area contributed by atoms with E-state index in [4.69, 9.17) is 0 Å². The van der Waals surface area contributed by atoms with Gasteiger partial charge in [0, 0.05) is 0 Å². The molecule has 0 aromatic heterocycles. The quantitative estimate of drug-likeness (QED) is 0.173. The molecule has 0 unspecified atom stereocenters. The molecule has 0 heterocycles. The molecule has 1 rings (SSSR count). The van der Waals surface area contributed by atoms with E-state index in [1.165, 1.54) is 6.42 Å². The summed E-state index contributed by atoms with van der Waals surface area (Å²) in [6, 6.07) is 0. The van der Waals surface area contributed by atoms with Crippen molar-refractivity contribution in [1.29, 1.82) is 0 Å². The Morgan fingerprint density at radius 3 is 1.85 bits per heavy atom. The zero-order chi connectivity index (χ0) is 6.95. The van der Waals surface area contributed by atoms with E-state index in [9.17, 15) is 0 Å². The Kier molecular flexibility index (Phi) is 66.4. The SMILES string of the molecule is [C-]1=CC=CC1.[CH2-]CCC.[I-].[I-].[I-].[Ti+3]. The summed E-state index contributed by atoms with van der Waals surface area (Å²) in [7, 11) is 0. The predicted octanol–water partition coefficient (Wildman–Crippen LogP) is -6.06. The molecule has 1 aliphatic carbocycles. The maximum absolute atomic E-state index is 3.60. The maximum atomic E-state index is 3.60. The summed E-state index contributed by atoms with van der Waals surface area (Å²) in [5.74, 6) is 0. The Morgan fingerprint density at radius 2 is 1.77 bits per heavy atom. The van der Waals surface area contributed by atoms with Crippen LogP contribution in [0.2, 0.25) is 0 Å². The van der Waals surface area contributed by atoms with Gasteiger partial charge >= 0.3 is 21.7 Å². The predicted molar refractivity (Wildman–Crippen MR) is 41.8 cm³/mol. The van der Waals surface area contributed by atoms with Gasteiger partial charge in [-0.15, -0.1) is 6.42 Å². The molecule has 0 saturated heterocycles. The second kappa shape index (κ2) is 29.3. The van der Waals surface area contributed by atoms with Crippen molar-refractivity contribution in [3.05, 3.63) is 31.2 Å². The minimum atomic E-state index is 0. The van der Waals surface area contributed by atoms with Gasteiger partial charge in [-0.2, -0.15) is 12.5 Å². The number of allylic oxidation sites excluding steroid dienone is 4. The Bertz CT molecular complexity index is 91.0. The van der Waals surface area contributed by atoms with Crippen LogP contribution in [0.5, 0.6) is 0 Å². The standard InChI is InChI=1S/C5H5.C4H9.3HI.Ti/c1-2-4-5-3-1;1-3-4-2;;;;/h1-3H,4H2;1,3-4H2,2H3;3*1H;/q2*-1;;;;+3/p-3. The number of halogens is 3. The van der Waals surface area contributed by atoms with E-state index in [-0.39, 0.29) is 93.6 Å². The molecule has 0 N–H and O–H groups in total. The van der Waals surface area contributed by atoms with Crippen LogP contribution in [0.3, 0.4) is 0 Å². The van der Waals surface area contributed by atoms with Crippen LogP contribution in [-0.2, 0) is 21.7 Å². The third-order valence-electron chi connectivity index (χ3n) is 0.939. The first-order valence-corrected chi connectivity index (χ1v) is 3.42. The number of unbranched alkanes of at least 4 members (excludes halogenated alkanes) is 1. The molecule has 77 valence electrons. The second-order valence-corrected chi connectivity index (χ2v) is 1.86. The molecule has 0 fully saturated rings. The van der Waals surface area contributed by atoms with Gasteiger partial charge in [0.05, 0.1) is 0 Å². The van der Waals surface area contributed by atoms with E-state index >= 15 is 0 Å². The van der Waals surface area contributed by atoms with Crippen LogP contribution in [0, 0.1) is 13.0 Å². The molecule has 1 radical (unpaired) electrons. The molecule has 0 aromatic carbocycles. The van der Waals surface area contributed by atoms with E-state index in [0.717, 1.165) is 12.8 Å². The van der Waals surface area contributed by atoms with Crippen molar-refractivity contribution in [3.8, 4) is 0 Å². The van der Waals surface area contributed by atoms with Crippen LogP contribution in [0.4, 0.5) is 0 Å². The van der Waals surface area contributed by atoms with Gasteiger partial charge in [0.1, 0.15) is 0 Å². The molecule has 0 atom stereocenters. The normalized spacial score (nSPS) is 9.08. The molecule has 1 aliphatic rings. The van der Waals surface area contributed by atoms with Gasteiger partial charge in [-0.25, -0.2) is 12.2 Å². The number of hydrogen-bond donors (Lipinski definition) is 0. The summed E-state index contributed by atoms with van der Waals surface area (Å²) in [5.41, 5.74) is 0. The van der Waals surface area contributed by atoms with Gasteiger partial charge < -0.3 is 78.9 Å². The van der Waals surface area contributed by atoms with Gasteiger partial charge in [-0.3, -0.25) is 6.08 Å². The monoisotopic (exact) mass is 551 g/mol. The van der Waals surface area contributed by atoms with Crippen molar-refractivity contribution < 1.29 is 93.6 Å². The van der Waals surface area contributed by atoms with E-state index in [1.807, 2.05) is 12.2 Å². The summed E-state index contributed by atoms with van der Waals surface area (Å²) in [6.07, 6.45) is 12.3. The Balaban J connectivity index is -0.0000000256. The molecule has 0 aliphatic heterocycles. The minimum absolute atomic E-state index is 0. The van der Waals surface area contributed by atoms with Crippen LogP contribution < -0.4 is 71.9 Å². The van der Waals surface area contributed by atoms with E-state index < -0.39 is 0 Å². The van der Waals surface area contributed by atoms with Crippen LogP contribution >= 0.6 is 0 Å². The molecule has 0 amide bonds. The van der Waals surface area contributed by atoms with Gasteiger partial charge in [0.15, 0.2) is 0 Å². The van der Waals surface area contributed by atoms with Crippen LogP contribution in [-0.4, -0.2) is 0 Å². The fraction of sp³-hybridized carbons (Fsp3) is 0.444. The van der Waals surface area contributed by atoms with Crippen LogP contribution in [0.1, 0.15) is 26.2 Å². The first kappa shape index (κ1) is 29.5. The van der Waals surface area contributed by atoms with Gasteiger partial charge in [-0.05, 0) is 0 Å². The van der Waals surface area contributed by atoms with Crippen molar-refractivity contribution in [2.75, 3.05) is 0 Å². The fourth-order valence-corrected chi connectivity index (χ4v) is 0.340. The first-order chi connectivity index (χ1) is 4.41. The summed E-state index contributed by atoms with van der Waals surface area (Å²) in [4.78, 5) is 0.